The van der Waals surface area contributed by atoms with E-state index in [4.69, 9.17) is 4.74 Å². The summed E-state index contributed by atoms with van der Waals surface area (Å²) < 4.78 is 51.5. The number of aliphatic hydroxyl groups excluding tert-OH is 1. The van der Waals surface area contributed by atoms with Crippen molar-refractivity contribution in [2.45, 2.75) is 77.2 Å². The van der Waals surface area contributed by atoms with Gasteiger partial charge in [-0.25, -0.2) is 13.2 Å². The molecule has 1 N–H and O–H groups in total. The molecule has 0 radical (unpaired) electrons. The number of fused-ring (bicyclic) bond motifs is 5. The number of aliphatic hydroxyl groups is 1. The normalized spacial score (nSPS) is 46.5. The SMILES string of the molecule is CCC(=O)O[C@@]1(C(=O)CF)[C@@H](C)C[C@H]2[C@@H]3CCC4=C(F)C(=O)C=C[C@]4(C)[C@@]3(F)[C@@H](O)C[C@@]21C. The molecule has 0 amide bonds. The molecule has 182 valence electrons. The zero-order valence-corrected chi connectivity index (χ0v) is 19.4. The highest BCUT2D eigenvalue weighted by molar-refractivity contribution is 6.04. The molecule has 8 atom stereocenters. The van der Waals surface area contributed by atoms with Crippen molar-refractivity contribution in [3.05, 3.63) is 23.6 Å². The van der Waals surface area contributed by atoms with Crippen molar-refractivity contribution in [1.82, 2.24) is 0 Å². The zero-order valence-electron chi connectivity index (χ0n) is 19.4. The van der Waals surface area contributed by atoms with E-state index in [0.717, 1.165) is 6.08 Å². The fraction of sp³-hybridized carbons (Fsp3) is 0.720. The molecule has 0 aromatic carbocycles. The van der Waals surface area contributed by atoms with Gasteiger partial charge in [0.25, 0.3) is 0 Å². The van der Waals surface area contributed by atoms with Crippen LogP contribution in [0.15, 0.2) is 23.6 Å². The second-order valence-electron chi connectivity index (χ2n) is 10.6. The highest BCUT2D eigenvalue weighted by atomic mass is 19.1. The highest BCUT2D eigenvalue weighted by Crippen LogP contribution is 2.71. The van der Waals surface area contributed by atoms with Gasteiger partial charge in [0, 0.05) is 29.1 Å². The van der Waals surface area contributed by atoms with Gasteiger partial charge in [-0.05, 0) is 50.2 Å². The van der Waals surface area contributed by atoms with Gasteiger partial charge >= 0.3 is 5.97 Å². The van der Waals surface area contributed by atoms with Crippen LogP contribution in [0.4, 0.5) is 13.2 Å². The summed E-state index contributed by atoms with van der Waals surface area (Å²) in [7, 11) is 0. The summed E-state index contributed by atoms with van der Waals surface area (Å²) >= 11 is 0. The molecule has 0 saturated heterocycles. The average Bonchev–Trinajstić information content (AvgIpc) is 2.99. The van der Waals surface area contributed by atoms with E-state index in [0.29, 0.717) is 6.42 Å². The van der Waals surface area contributed by atoms with Crippen molar-refractivity contribution in [1.29, 1.82) is 0 Å². The Kier molecular flexibility index (Phi) is 5.51. The first-order valence-corrected chi connectivity index (χ1v) is 11.7. The highest BCUT2D eigenvalue weighted by Gasteiger charge is 2.77. The van der Waals surface area contributed by atoms with Crippen LogP contribution in [0.1, 0.15) is 59.8 Å². The van der Waals surface area contributed by atoms with E-state index in [1.165, 1.54) is 13.0 Å². The van der Waals surface area contributed by atoms with E-state index < -0.39 is 76.0 Å². The molecule has 0 bridgehead atoms. The van der Waals surface area contributed by atoms with E-state index in [1.54, 1.807) is 20.8 Å². The smallest absolute Gasteiger partial charge is 0.306 e. The van der Waals surface area contributed by atoms with Crippen molar-refractivity contribution >= 4 is 17.5 Å². The maximum Gasteiger partial charge on any atom is 0.306 e. The third kappa shape index (κ3) is 2.73. The molecule has 33 heavy (non-hydrogen) atoms. The van der Waals surface area contributed by atoms with E-state index in [2.05, 4.69) is 0 Å². The maximum atomic E-state index is 17.2. The number of carbonyl (C=O) groups excluding carboxylic acids is 3. The number of hydrogen-bond acceptors (Lipinski definition) is 5. The number of esters is 1. The number of ketones is 2. The predicted octanol–water partition coefficient (Wildman–Crippen LogP) is 4.13. The first-order chi connectivity index (χ1) is 15.3. The molecule has 4 rings (SSSR count). The van der Waals surface area contributed by atoms with Gasteiger partial charge in [0.15, 0.2) is 23.8 Å². The molecule has 0 aliphatic heterocycles. The van der Waals surface area contributed by atoms with E-state index in [9.17, 15) is 28.3 Å². The second-order valence-corrected chi connectivity index (χ2v) is 10.6. The maximum absolute atomic E-state index is 17.2. The molecule has 3 fully saturated rings. The lowest BCUT2D eigenvalue weighted by atomic mass is 9.44. The van der Waals surface area contributed by atoms with Crippen LogP contribution in [-0.4, -0.2) is 46.7 Å². The Balaban J connectivity index is 1.87. The van der Waals surface area contributed by atoms with Crippen LogP contribution in [0.2, 0.25) is 0 Å². The minimum Gasteiger partial charge on any atom is -0.450 e. The van der Waals surface area contributed by atoms with E-state index >= 15 is 4.39 Å². The molecular formula is C25H31F3O5. The molecular weight excluding hydrogens is 437 g/mol. The molecule has 4 aliphatic rings. The summed E-state index contributed by atoms with van der Waals surface area (Å²) in [4.78, 5) is 37.3. The van der Waals surface area contributed by atoms with Crippen molar-refractivity contribution in [3.63, 3.8) is 0 Å². The minimum absolute atomic E-state index is 0.0157. The van der Waals surface area contributed by atoms with Crippen LogP contribution in [0.25, 0.3) is 0 Å². The first kappa shape index (κ1) is 24.2. The average molecular weight is 469 g/mol. The van der Waals surface area contributed by atoms with Gasteiger partial charge in [0.05, 0.1) is 6.10 Å². The van der Waals surface area contributed by atoms with Crippen molar-refractivity contribution < 1.29 is 37.4 Å². The Bertz CT molecular complexity index is 975. The summed E-state index contributed by atoms with van der Waals surface area (Å²) in [6.07, 6.45) is 1.02. The van der Waals surface area contributed by atoms with Crippen LogP contribution in [0.5, 0.6) is 0 Å². The number of ether oxygens (including phenoxy) is 1. The Morgan fingerprint density at radius 1 is 1.27 bits per heavy atom. The summed E-state index contributed by atoms with van der Waals surface area (Å²) in [5, 5.41) is 11.3. The number of carbonyl (C=O) groups is 3. The van der Waals surface area contributed by atoms with Gasteiger partial charge in [0.2, 0.25) is 11.6 Å². The fourth-order valence-electron chi connectivity index (χ4n) is 7.83. The number of rotatable bonds is 4. The van der Waals surface area contributed by atoms with Crippen LogP contribution in [0, 0.1) is 28.6 Å². The molecule has 0 heterocycles. The van der Waals surface area contributed by atoms with Gasteiger partial charge in [-0.1, -0.05) is 26.8 Å². The molecule has 5 nitrogen and oxygen atoms in total. The lowest BCUT2D eigenvalue weighted by molar-refractivity contribution is -0.228. The monoisotopic (exact) mass is 468 g/mol. The predicted molar refractivity (Wildman–Crippen MR) is 113 cm³/mol. The Labute approximate surface area is 191 Å². The first-order valence-electron chi connectivity index (χ1n) is 11.7. The van der Waals surface area contributed by atoms with Crippen molar-refractivity contribution in [2.75, 3.05) is 6.67 Å². The number of hydrogen-bond donors (Lipinski definition) is 1. The third-order valence-electron chi connectivity index (χ3n) is 9.37. The Hall–Kier alpha value is -1.96. The Morgan fingerprint density at radius 2 is 1.94 bits per heavy atom. The summed E-state index contributed by atoms with van der Waals surface area (Å²) in [6, 6.07) is 0. The quantitative estimate of drug-likeness (QED) is 0.628. The minimum atomic E-state index is -2.30. The van der Waals surface area contributed by atoms with Gasteiger partial charge < -0.3 is 9.84 Å². The zero-order chi connectivity index (χ0) is 24.6. The van der Waals surface area contributed by atoms with Crippen LogP contribution < -0.4 is 0 Å². The number of halogens is 3. The lowest BCUT2D eigenvalue weighted by Crippen LogP contribution is -2.70. The number of alkyl halides is 2. The van der Waals surface area contributed by atoms with Gasteiger partial charge in [-0.15, -0.1) is 0 Å². The Morgan fingerprint density at radius 3 is 2.55 bits per heavy atom. The van der Waals surface area contributed by atoms with Gasteiger partial charge in [0.1, 0.15) is 0 Å². The van der Waals surface area contributed by atoms with E-state index in [1.807, 2.05) is 0 Å². The summed E-state index contributed by atoms with van der Waals surface area (Å²) in [5.41, 5.74) is -6.81. The molecule has 8 heteroatoms. The van der Waals surface area contributed by atoms with Crippen LogP contribution in [0.3, 0.4) is 0 Å². The van der Waals surface area contributed by atoms with Gasteiger partial charge in [-0.3, -0.25) is 14.4 Å². The number of Topliss-reactive ketones (excluding diaryl/α,β-unsaturated/α-hetero) is 1. The van der Waals surface area contributed by atoms with E-state index in [-0.39, 0.29) is 31.3 Å². The topological polar surface area (TPSA) is 80.7 Å². The third-order valence-corrected chi connectivity index (χ3v) is 9.37. The second kappa shape index (κ2) is 7.52. The molecule has 0 aromatic rings. The number of allylic oxidation sites excluding steroid dienone is 4. The molecule has 4 aliphatic carbocycles. The molecule has 0 spiro atoms. The fourth-order valence-corrected chi connectivity index (χ4v) is 7.83. The largest absolute Gasteiger partial charge is 0.450 e. The lowest BCUT2D eigenvalue weighted by Gasteiger charge is -2.62. The van der Waals surface area contributed by atoms with Crippen molar-refractivity contribution in [3.8, 4) is 0 Å². The molecule has 0 aromatic heterocycles. The molecule has 0 unspecified atom stereocenters. The van der Waals surface area contributed by atoms with Crippen LogP contribution in [-0.2, 0) is 19.1 Å². The van der Waals surface area contributed by atoms with Crippen molar-refractivity contribution in [2.24, 2.45) is 28.6 Å². The summed E-state index contributed by atoms with van der Waals surface area (Å²) in [6.45, 7) is 5.10. The molecule has 3 saturated carbocycles. The van der Waals surface area contributed by atoms with Gasteiger partial charge in [-0.2, -0.15) is 0 Å². The van der Waals surface area contributed by atoms with Crippen LogP contribution >= 0.6 is 0 Å². The summed E-state index contributed by atoms with van der Waals surface area (Å²) in [5.74, 6) is -5.24. The standard InChI is InChI=1S/C25H31F3O5/c1-5-20(32)33-25(19(31)12-26)13(2)10-16-14-6-7-15-21(27)17(29)8-9-22(15,3)24(14,28)18(30)11-23(16,25)4/h8-9,13-14,16,18,30H,5-7,10-12H2,1-4H3/t13-,14-,16-,18-,22-,23-,24-,25+/m0/s1.